The van der Waals surface area contributed by atoms with Gasteiger partial charge in [-0.2, -0.15) is 0 Å². The van der Waals surface area contributed by atoms with Gasteiger partial charge in [-0.05, 0) is 45.6 Å². The van der Waals surface area contributed by atoms with Crippen LogP contribution in [0.25, 0.3) is 0 Å². The van der Waals surface area contributed by atoms with E-state index in [2.05, 4.69) is 28.5 Å². The molecular weight excluding hydrogens is 354 g/mol. The standard InChI is InChI=1S/C22H33N3O3/c1-22(2,3)28-21(26)24-14-8-7-13-19(23)20-25-18(12-9-15-27-20)16-17-10-5-4-6-11-17/h4-6,10-12,19H,7-9,13-16,23H2,1-3H3,(H,24,26)/t19-/m0/s1. The zero-order valence-electron chi connectivity index (χ0n) is 17.2. The highest BCUT2D eigenvalue weighted by atomic mass is 16.6. The average molecular weight is 388 g/mol. The summed E-state index contributed by atoms with van der Waals surface area (Å²) in [4.78, 5) is 16.3. The lowest BCUT2D eigenvalue weighted by Crippen LogP contribution is -2.34. The first kappa shape index (κ1) is 22.0. The number of benzene rings is 1. The lowest BCUT2D eigenvalue weighted by atomic mass is 10.1. The number of aliphatic imine (C=N–C) groups is 1. The van der Waals surface area contributed by atoms with Gasteiger partial charge in [0.15, 0.2) is 0 Å². The van der Waals surface area contributed by atoms with Crippen LogP contribution >= 0.6 is 0 Å². The van der Waals surface area contributed by atoms with E-state index in [0.29, 0.717) is 19.0 Å². The topological polar surface area (TPSA) is 85.9 Å². The summed E-state index contributed by atoms with van der Waals surface area (Å²) in [5.41, 5.74) is 8.05. The van der Waals surface area contributed by atoms with Gasteiger partial charge in [0.1, 0.15) is 5.60 Å². The summed E-state index contributed by atoms with van der Waals surface area (Å²) in [6, 6.07) is 10.0. The number of hydrogen-bond acceptors (Lipinski definition) is 5. The summed E-state index contributed by atoms with van der Waals surface area (Å²) in [6.07, 6.45) is 5.81. The molecule has 1 aliphatic rings. The Morgan fingerprint density at radius 3 is 2.75 bits per heavy atom. The van der Waals surface area contributed by atoms with Gasteiger partial charge in [0.05, 0.1) is 12.6 Å². The van der Waals surface area contributed by atoms with Crippen molar-refractivity contribution < 1.29 is 14.3 Å². The van der Waals surface area contributed by atoms with E-state index in [9.17, 15) is 4.79 Å². The third-order valence-electron chi connectivity index (χ3n) is 4.16. The first-order valence-electron chi connectivity index (χ1n) is 10.0. The molecule has 6 heteroatoms. The first-order chi connectivity index (χ1) is 13.3. The van der Waals surface area contributed by atoms with Crippen LogP contribution in [0, 0.1) is 0 Å². The second-order valence-corrected chi connectivity index (χ2v) is 7.98. The van der Waals surface area contributed by atoms with E-state index in [0.717, 1.165) is 37.8 Å². The van der Waals surface area contributed by atoms with Gasteiger partial charge in [0.25, 0.3) is 0 Å². The van der Waals surface area contributed by atoms with Crippen molar-refractivity contribution >= 4 is 12.0 Å². The molecule has 1 amide bonds. The highest BCUT2D eigenvalue weighted by Gasteiger charge is 2.17. The number of carbonyl (C=O) groups is 1. The van der Waals surface area contributed by atoms with Crippen LogP contribution in [-0.2, 0) is 15.9 Å². The Morgan fingerprint density at radius 2 is 2.04 bits per heavy atom. The van der Waals surface area contributed by atoms with Crippen molar-refractivity contribution in [3.05, 3.63) is 47.7 Å². The van der Waals surface area contributed by atoms with E-state index in [1.807, 2.05) is 39.0 Å². The highest BCUT2D eigenvalue weighted by molar-refractivity contribution is 5.82. The molecule has 3 N–H and O–H groups in total. The van der Waals surface area contributed by atoms with E-state index in [4.69, 9.17) is 15.2 Å². The normalized spacial score (nSPS) is 15.6. The molecule has 154 valence electrons. The van der Waals surface area contributed by atoms with Crippen LogP contribution in [0.1, 0.15) is 52.0 Å². The number of carbonyl (C=O) groups excluding carboxylic acids is 1. The number of hydrogen-bond donors (Lipinski definition) is 2. The minimum absolute atomic E-state index is 0.237. The molecule has 0 saturated heterocycles. The third-order valence-corrected chi connectivity index (χ3v) is 4.16. The summed E-state index contributed by atoms with van der Waals surface area (Å²) in [5, 5.41) is 2.76. The van der Waals surface area contributed by atoms with Gasteiger partial charge in [-0.15, -0.1) is 0 Å². The number of nitrogens with two attached hydrogens (primary N) is 1. The highest BCUT2D eigenvalue weighted by Crippen LogP contribution is 2.15. The largest absolute Gasteiger partial charge is 0.479 e. The van der Waals surface area contributed by atoms with Crippen LogP contribution in [0.15, 0.2) is 47.1 Å². The number of nitrogens with one attached hydrogen (secondary N) is 1. The Bertz CT molecular complexity index is 678. The summed E-state index contributed by atoms with van der Waals surface area (Å²) in [6.45, 7) is 6.71. The van der Waals surface area contributed by atoms with Gasteiger partial charge in [0.2, 0.25) is 5.90 Å². The first-order valence-corrected chi connectivity index (χ1v) is 10.0. The molecule has 0 unspecified atom stereocenters. The molecule has 1 aliphatic heterocycles. The van der Waals surface area contributed by atoms with Crippen molar-refractivity contribution in [2.75, 3.05) is 13.2 Å². The molecule has 6 nitrogen and oxygen atoms in total. The number of ether oxygens (including phenoxy) is 2. The number of alkyl carbamates (subject to hydrolysis) is 1. The fraction of sp³-hybridized carbons (Fsp3) is 0.545. The van der Waals surface area contributed by atoms with Gasteiger partial charge in [-0.1, -0.05) is 36.4 Å². The minimum Gasteiger partial charge on any atom is -0.479 e. The van der Waals surface area contributed by atoms with Crippen LogP contribution in [0.5, 0.6) is 0 Å². The van der Waals surface area contributed by atoms with Crippen LogP contribution < -0.4 is 11.1 Å². The smallest absolute Gasteiger partial charge is 0.407 e. The Kier molecular flexibility index (Phi) is 8.51. The number of nitrogens with zero attached hydrogens (tertiary/aromatic N) is 1. The summed E-state index contributed by atoms with van der Waals surface area (Å²) in [5.74, 6) is 0.611. The fourth-order valence-electron chi connectivity index (χ4n) is 2.83. The average Bonchev–Trinajstić information content (AvgIpc) is 2.86. The van der Waals surface area contributed by atoms with Gasteiger partial charge in [0, 0.05) is 25.1 Å². The molecule has 0 spiro atoms. The molecule has 28 heavy (non-hydrogen) atoms. The lowest BCUT2D eigenvalue weighted by molar-refractivity contribution is 0.0527. The predicted octanol–water partition coefficient (Wildman–Crippen LogP) is 3.95. The molecule has 1 aromatic carbocycles. The summed E-state index contributed by atoms with van der Waals surface area (Å²) < 4.78 is 11.0. The van der Waals surface area contributed by atoms with Gasteiger partial charge < -0.3 is 20.5 Å². The molecule has 1 aromatic rings. The quantitative estimate of drug-likeness (QED) is 0.661. The summed E-state index contributed by atoms with van der Waals surface area (Å²) in [7, 11) is 0. The second-order valence-electron chi connectivity index (χ2n) is 7.98. The van der Waals surface area contributed by atoms with Crippen molar-refractivity contribution in [2.45, 2.75) is 64.5 Å². The molecule has 0 bridgehead atoms. The Morgan fingerprint density at radius 1 is 1.29 bits per heavy atom. The van der Waals surface area contributed by atoms with E-state index in [1.54, 1.807) is 0 Å². The van der Waals surface area contributed by atoms with Gasteiger partial charge in [-0.25, -0.2) is 9.79 Å². The van der Waals surface area contributed by atoms with E-state index >= 15 is 0 Å². The van der Waals surface area contributed by atoms with Gasteiger partial charge in [-0.3, -0.25) is 0 Å². The zero-order chi connectivity index (χ0) is 20.4. The maximum atomic E-state index is 11.6. The maximum Gasteiger partial charge on any atom is 0.407 e. The van der Waals surface area contributed by atoms with Crippen molar-refractivity contribution in [1.82, 2.24) is 5.32 Å². The molecule has 0 aliphatic carbocycles. The number of unbranched alkanes of at least 4 members (excludes halogenated alkanes) is 1. The predicted molar refractivity (Wildman–Crippen MR) is 112 cm³/mol. The van der Waals surface area contributed by atoms with E-state index in [1.165, 1.54) is 5.56 Å². The van der Waals surface area contributed by atoms with Crippen LogP contribution in [0.2, 0.25) is 0 Å². The SMILES string of the molecule is CC(C)(C)OC(=O)NCCCC[C@H](N)C1=NC(Cc2ccccc2)=CCCO1. The van der Waals surface area contributed by atoms with E-state index < -0.39 is 5.60 Å². The molecule has 2 rings (SSSR count). The van der Waals surface area contributed by atoms with Crippen molar-refractivity contribution in [1.29, 1.82) is 0 Å². The third kappa shape index (κ3) is 8.57. The fourth-order valence-corrected chi connectivity index (χ4v) is 2.83. The molecule has 1 atom stereocenters. The Balaban J connectivity index is 1.75. The monoisotopic (exact) mass is 387 g/mol. The molecule has 0 aromatic heterocycles. The number of rotatable bonds is 8. The van der Waals surface area contributed by atoms with Crippen molar-refractivity contribution in [3.63, 3.8) is 0 Å². The van der Waals surface area contributed by atoms with Gasteiger partial charge >= 0.3 is 6.09 Å². The Labute approximate surface area is 168 Å². The molecule has 1 heterocycles. The Hall–Kier alpha value is -2.34. The van der Waals surface area contributed by atoms with Crippen LogP contribution in [0.4, 0.5) is 4.79 Å². The number of amides is 1. The van der Waals surface area contributed by atoms with Crippen LogP contribution in [0.3, 0.4) is 0 Å². The van der Waals surface area contributed by atoms with E-state index in [-0.39, 0.29) is 12.1 Å². The zero-order valence-corrected chi connectivity index (χ0v) is 17.2. The maximum absolute atomic E-state index is 11.6. The second kappa shape index (κ2) is 10.9. The summed E-state index contributed by atoms with van der Waals surface area (Å²) >= 11 is 0. The van der Waals surface area contributed by atoms with Crippen molar-refractivity contribution in [3.8, 4) is 0 Å². The molecular formula is C22H33N3O3. The number of allylic oxidation sites excluding steroid dienone is 1. The van der Waals surface area contributed by atoms with Crippen molar-refractivity contribution in [2.24, 2.45) is 10.7 Å². The molecule has 0 fully saturated rings. The molecule has 0 radical (unpaired) electrons. The molecule has 0 saturated carbocycles. The van der Waals surface area contributed by atoms with Crippen LogP contribution in [-0.4, -0.2) is 36.8 Å². The lowest BCUT2D eigenvalue weighted by Gasteiger charge is -2.19. The minimum atomic E-state index is -0.480.